The highest BCUT2D eigenvalue weighted by atomic mass is 79.9. The van der Waals surface area contributed by atoms with Crippen LogP contribution in [0.25, 0.3) is 0 Å². The minimum absolute atomic E-state index is 0.681. The van der Waals surface area contributed by atoms with Gasteiger partial charge in [0.25, 0.3) is 0 Å². The summed E-state index contributed by atoms with van der Waals surface area (Å²) in [6, 6.07) is 8.84. The van der Waals surface area contributed by atoms with Gasteiger partial charge in [-0.15, -0.1) is 0 Å². The molecular weight excluding hydrogens is 250 g/mol. The van der Waals surface area contributed by atoms with Gasteiger partial charge in [-0.2, -0.15) is 0 Å². The SMILES string of the molecule is CCc1ccc(N(C)CC(C)CBr)cc1. The van der Waals surface area contributed by atoms with Gasteiger partial charge in [-0.05, 0) is 30.0 Å². The fourth-order valence-electron chi connectivity index (χ4n) is 1.61. The maximum absolute atomic E-state index is 3.51. The molecule has 2 heteroatoms. The molecular formula is C13H20BrN. The Labute approximate surface area is 102 Å². The molecule has 1 atom stereocenters. The van der Waals surface area contributed by atoms with Gasteiger partial charge in [0, 0.05) is 24.6 Å². The molecule has 0 heterocycles. The lowest BCUT2D eigenvalue weighted by atomic mass is 10.1. The van der Waals surface area contributed by atoms with E-state index in [0.29, 0.717) is 5.92 Å². The molecule has 0 aliphatic heterocycles. The highest BCUT2D eigenvalue weighted by molar-refractivity contribution is 9.09. The Hall–Kier alpha value is -0.500. The molecule has 0 aromatic heterocycles. The Morgan fingerprint density at radius 3 is 2.33 bits per heavy atom. The average molecular weight is 270 g/mol. The van der Waals surface area contributed by atoms with Crippen LogP contribution in [0.15, 0.2) is 24.3 Å². The molecule has 0 saturated carbocycles. The first-order valence-electron chi connectivity index (χ1n) is 5.53. The molecule has 0 radical (unpaired) electrons. The van der Waals surface area contributed by atoms with Gasteiger partial charge in [-0.3, -0.25) is 0 Å². The zero-order valence-corrected chi connectivity index (χ0v) is 11.4. The minimum atomic E-state index is 0.681. The lowest BCUT2D eigenvalue weighted by molar-refractivity contribution is 0.652. The number of benzene rings is 1. The van der Waals surface area contributed by atoms with Crippen LogP contribution in [0.2, 0.25) is 0 Å². The second-order valence-electron chi connectivity index (χ2n) is 4.16. The van der Waals surface area contributed by atoms with Crippen LogP contribution in [0.5, 0.6) is 0 Å². The summed E-state index contributed by atoms with van der Waals surface area (Å²) in [6.45, 7) is 5.54. The van der Waals surface area contributed by atoms with Gasteiger partial charge in [0.15, 0.2) is 0 Å². The molecule has 15 heavy (non-hydrogen) atoms. The van der Waals surface area contributed by atoms with Crippen LogP contribution in [-0.2, 0) is 6.42 Å². The van der Waals surface area contributed by atoms with E-state index in [9.17, 15) is 0 Å². The Morgan fingerprint density at radius 2 is 1.87 bits per heavy atom. The molecule has 0 aliphatic carbocycles. The van der Waals surface area contributed by atoms with Crippen LogP contribution in [0.4, 0.5) is 5.69 Å². The molecule has 0 N–H and O–H groups in total. The Balaban J connectivity index is 2.61. The molecule has 1 rings (SSSR count). The predicted octanol–water partition coefficient (Wildman–Crippen LogP) is 3.72. The van der Waals surface area contributed by atoms with E-state index in [2.05, 4.69) is 66.0 Å². The van der Waals surface area contributed by atoms with Crippen LogP contribution in [-0.4, -0.2) is 18.9 Å². The molecule has 1 unspecified atom stereocenters. The molecule has 0 amide bonds. The van der Waals surface area contributed by atoms with E-state index in [4.69, 9.17) is 0 Å². The van der Waals surface area contributed by atoms with Crippen LogP contribution >= 0.6 is 15.9 Å². The van der Waals surface area contributed by atoms with Gasteiger partial charge < -0.3 is 4.90 Å². The standard InChI is InChI=1S/C13H20BrN/c1-4-12-5-7-13(8-6-12)15(3)10-11(2)9-14/h5-8,11H,4,9-10H2,1-3H3. The zero-order chi connectivity index (χ0) is 11.3. The highest BCUT2D eigenvalue weighted by Crippen LogP contribution is 2.16. The lowest BCUT2D eigenvalue weighted by Gasteiger charge is -2.22. The summed E-state index contributed by atoms with van der Waals surface area (Å²) in [5, 5.41) is 1.06. The largest absolute Gasteiger partial charge is 0.374 e. The summed E-state index contributed by atoms with van der Waals surface area (Å²) in [5.74, 6) is 0.681. The molecule has 0 saturated heterocycles. The normalized spacial score (nSPS) is 12.5. The summed E-state index contributed by atoms with van der Waals surface area (Å²) in [6.07, 6.45) is 1.11. The molecule has 1 aromatic carbocycles. The van der Waals surface area contributed by atoms with Gasteiger partial charge in [0.05, 0.1) is 0 Å². The van der Waals surface area contributed by atoms with E-state index >= 15 is 0 Å². The lowest BCUT2D eigenvalue weighted by Crippen LogP contribution is -2.24. The van der Waals surface area contributed by atoms with Crippen LogP contribution in [0.3, 0.4) is 0 Å². The van der Waals surface area contributed by atoms with Crippen molar-refractivity contribution in [3.8, 4) is 0 Å². The minimum Gasteiger partial charge on any atom is -0.374 e. The monoisotopic (exact) mass is 269 g/mol. The molecule has 1 nitrogen and oxygen atoms in total. The second-order valence-corrected chi connectivity index (χ2v) is 4.81. The van der Waals surface area contributed by atoms with Crippen molar-refractivity contribution in [1.29, 1.82) is 0 Å². The third kappa shape index (κ3) is 3.86. The van der Waals surface area contributed by atoms with E-state index in [0.717, 1.165) is 18.3 Å². The van der Waals surface area contributed by atoms with Crippen molar-refractivity contribution in [1.82, 2.24) is 0 Å². The summed E-state index contributed by atoms with van der Waals surface area (Å²) >= 11 is 3.51. The van der Waals surface area contributed by atoms with E-state index in [1.165, 1.54) is 11.3 Å². The summed E-state index contributed by atoms with van der Waals surface area (Å²) < 4.78 is 0. The van der Waals surface area contributed by atoms with Crippen molar-refractivity contribution >= 4 is 21.6 Å². The average Bonchev–Trinajstić information content (AvgIpc) is 2.29. The van der Waals surface area contributed by atoms with Crippen molar-refractivity contribution in [2.45, 2.75) is 20.3 Å². The number of aryl methyl sites for hydroxylation is 1. The predicted molar refractivity (Wildman–Crippen MR) is 72.0 cm³/mol. The maximum Gasteiger partial charge on any atom is 0.0363 e. The maximum atomic E-state index is 3.51. The number of nitrogens with zero attached hydrogens (tertiary/aromatic N) is 1. The Kier molecular flexibility index (Phi) is 5.16. The zero-order valence-electron chi connectivity index (χ0n) is 9.83. The summed E-state index contributed by atoms with van der Waals surface area (Å²) in [4.78, 5) is 2.31. The van der Waals surface area contributed by atoms with Crippen molar-refractivity contribution in [2.24, 2.45) is 5.92 Å². The van der Waals surface area contributed by atoms with Crippen molar-refractivity contribution in [2.75, 3.05) is 23.8 Å². The highest BCUT2D eigenvalue weighted by Gasteiger charge is 2.05. The fourth-order valence-corrected chi connectivity index (χ4v) is 1.81. The van der Waals surface area contributed by atoms with Crippen LogP contribution < -0.4 is 4.90 Å². The van der Waals surface area contributed by atoms with Crippen molar-refractivity contribution in [3.05, 3.63) is 29.8 Å². The van der Waals surface area contributed by atoms with Gasteiger partial charge in [0.2, 0.25) is 0 Å². The Morgan fingerprint density at radius 1 is 1.27 bits per heavy atom. The number of halogens is 1. The van der Waals surface area contributed by atoms with E-state index in [-0.39, 0.29) is 0 Å². The number of rotatable bonds is 5. The van der Waals surface area contributed by atoms with Crippen molar-refractivity contribution < 1.29 is 0 Å². The molecule has 84 valence electrons. The van der Waals surface area contributed by atoms with Crippen molar-refractivity contribution in [3.63, 3.8) is 0 Å². The van der Waals surface area contributed by atoms with E-state index in [1.54, 1.807) is 0 Å². The molecule has 0 aliphatic rings. The molecule has 0 spiro atoms. The topological polar surface area (TPSA) is 3.24 Å². The summed E-state index contributed by atoms with van der Waals surface area (Å²) in [7, 11) is 2.15. The molecule has 0 fully saturated rings. The van der Waals surface area contributed by atoms with Gasteiger partial charge in [-0.25, -0.2) is 0 Å². The number of alkyl halides is 1. The quantitative estimate of drug-likeness (QED) is 0.737. The third-order valence-corrected chi connectivity index (χ3v) is 3.74. The molecule has 0 bridgehead atoms. The number of anilines is 1. The van der Waals surface area contributed by atoms with Crippen LogP contribution in [0, 0.1) is 5.92 Å². The Bertz CT molecular complexity index is 281. The van der Waals surface area contributed by atoms with Gasteiger partial charge in [0.1, 0.15) is 0 Å². The smallest absolute Gasteiger partial charge is 0.0363 e. The number of hydrogen-bond donors (Lipinski definition) is 0. The van der Waals surface area contributed by atoms with Gasteiger partial charge >= 0.3 is 0 Å². The summed E-state index contributed by atoms with van der Waals surface area (Å²) in [5.41, 5.74) is 2.71. The van der Waals surface area contributed by atoms with Gasteiger partial charge in [-0.1, -0.05) is 41.9 Å². The fraction of sp³-hybridized carbons (Fsp3) is 0.538. The first kappa shape index (κ1) is 12.6. The van der Waals surface area contributed by atoms with E-state index < -0.39 is 0 Å². The van der Waals surface area contributed by atoms with Crippen LogP contribution in [0.1, 0.15) is 19.4 Å². The first-order chi connectivity index (χ1) is 7.17. The molecule has 1 aromatic rings. The first-order valence-corrected chi connectivity index (χ1v) is 6.65. The third-order valence-electron chi connectivity index (χ3n) is 2.63. The second kappa shape index (κ2) is 6.16. The van der Waals surface area contributed by atoms with E-state index in [1.807, 2.05) is 0 Å². The number of hydrogen-bond acceptors (Lipinski definition) is 1.